The van der Waals surface area contributed by atoms with Crippen LogP contribution in [-0.4, -0.2) is 52.2 Å². The fourth-order valence-electron chi connectivity index (χ4n) is 2.98. The molecule has 3 heterocycles. The second-order valence-corrected chi connectivity index (χ2v) is 5.81. The summed E-state index contributed by atoms with van der Waals surface area (Å²) in [4.78, 5) is 23.2. The molecule has 2 aromatic rings. The molecule has 0 N–H and O–H groups in total. The Labute approximate surface area is 141 Å². The van der Waals surface area contributed by atoms with Crippen molar-refractivity contribution in [2.45, 2.75) is 20.0 Å². The number of pyridine rings is 1. The second kappa shape index (κ2) is 7.44. The highest BCUT2D eigenvalue weighted by Crippen LogP contribution is 2.22. The lowest BCUT2D eigenvalue weighted by Gasteiger charge is -2.24. The quantitative estimate of drug-likeness (QED) is 0.833. The molecule has 1 aliphatic rings. The summed E-state index contributed by atoms with van der Waals surface area (Å²) in [6, 6.07) is 3.49. The van der Waals surface area contributed by atoms with Crippen molar-refractivity contribution in [2.24, 2.45) is 5.92 Å². The van der Waals surface area contributed by atoms with E-state index in [1.54, 1.807) is 18.3 Å². The molecule has 0 aromatic carbocycles. The Kier molecular flexibility index (Phi) is 5.10. The summed E-state index contributed by atoms with van der Waals surface area (Å²) >= 11 is 0. The third kappa shape index (κ3) is 3.41. The monoisotopic (exact) mass is 330 g/mol. The molecule has 0 fully saturated rings. The highest BCUT2D eigenvalue weighted by molar-refractivity contribution is 5.96. The van der Waals surface area contributed by atoms with Crippen molar-refractivity contribution < 1.29 is 14.3 Å². The molecular formula is C17H22N4O3. The molecule has 0 bridgehead atoms. The van der Waals surface area contributed by atoms with Gasteiger partial charge in [0.1, 0.15) is 5.56 Å². The first-order valence-electron chi connectivity index (χ1n) is 8.08. The summed E-state index contributed by atoms with van der Waals surface area (Å²) in [7, 11) is 1.52. The zero-order chi connectivity index (χ0) is 16.9. The first-order chi connectivity index (χ1) is 11.7. The third-order valence-electron chi connectivity index (χ3n) is 4.12. The van der Waals surface area contributed by atoms with E-state index in [0.717, 1.165) is 12.2 Å². The molecule has 0 saturated heterocycles. The van der Waals surface area contributed by atoms with E-state index in [-0.39, 0.29) is 11.8 Å². The van der Waals surface area contributed by atoms with Crippen molar-refractivity contribution >= 4 is 5.91 Å². The number of hydrogen-bond acceptors (Lipinski definition) is 5. The summed E-state index contributed by atoms with van der Waals surface area (Å²) in [5, 5.41) is 0. The summed E-state index contributed by atoms with van der Waals surface area (Å²) in [5.41, 5.74) is 1.49. The number of imidazole rings is 1. The van der Waals surface area contributed by atoms with Gasteiger partial charge < -0.3 is 18.9 Å². The van der Waals surface area contributed by atoms with Gasteiger partial charge in [0, 0.05) is 38.0 Å². The van der Waals surface area contributed by atoms with Crippen molar-refractivity contribution in [1.29, 1.82) is 0 Å². The van der Waals surface area contributed by atoms with Crippen LogP contribution in [0.4, 0.5) is 0 Å². The standard InChI is InChI=1S/C17H22N4O3/c1-3-24-11-13-8-20(10-14-7-18-12-21(14)9-13)17(22)15-5-4-6-19-16(15)23-2/h4-7,12-13H,3,8-11H2,1-2H3. The number of nitrogens with zero attached hydrogens (tertiary/aromatic N) is 4. The van der Waals surface area contributed by atoms with E-state index in [0.29, 0.717) is 37.7 Å². The second-order valence-electron chi connectivity index (χ2n) is 5.81. The molecule has 7 nitrogen and oxygen atoms in total. The average molecular weight is 330 g/mol. The highest BCUT2D eigenvalue weighted by atomic mass is 16.5. The Balaban J connectivity index is 1.86. The maximum absolute atomic E-state index is 13.0. The molecule has 2 aromatic heterocycles. The van der Waals surface area contributed by atoms with Gasteiger partial charge in [0.25, 0.3) is 5.91 Å². The zero-order valence-electron chi connectivity index (χ0n) is 14.0. The van der Waals surface area contributed by atoms with Gasteiger partial charge in [-0.05, 0) is 19.1 Å². The molecular weight excluding hydrogens is 308 g/mol. The lowest BCUT2D eigenvalue weighted by Crippen LogP contribution is -2.35. The van der Waals surface area contributed by atoms with Crippen LogP contribution in [0.15, 0.2) is 30.9 Å². The van der Waals surface area contributed by atoms with Crippen LogP contribution in [0.5, 0.6) is 5.88 Å². The molecule has 7 heteroatoms. The number of hydrogen-bond donors (Lipinski definition) is 0. The number of aromatic nitrogens is 3. The van der Waals surface area contributed by atoms with Gasteiger partial charge in [-0.3, -0.25) is 4.79 Å². The summed E-state index contributed by atoms with van der Waals surface area (Å²) in [6.07, 6.45) is 5.24. The van der Waals surface area contributed by atoms with Crippen molar-refractivity contribution in [3.05, 3.63) is 42.1 Å². The predicted octanol–water partition coefficient (Wildman–Crippen LogP) is 1.60. The Hall–Kier alpha value is -2.41. The van der Waals surface area contributed by atoms with Crippen LogP contribution < -0.4 is 4.74 Å². The normalized spacial score (nSPS) is 17.2. The van der Waals surface area contributed by atoms with E-state index in [9.17, 15) is 4.79 Å². The summed E-state index contributed by atoms with van der Waals surface area (Å²) < 4.78 is 12.9. The highest BCUT2D eigenvalue weighted by Gasteiger charge is 2.27. The fraction of sp³-hybridized carbons (Fsp3) is 0.471. The van der Waals surface area contributed by atoms with Gasteiger partial charge >= 0.3 is 0 Å². The Morgan fingerprint density at radius 2 is 2.29 bits per heavy atom. The van der Waals surface area contributed by atoms with Crippen LogP contribution in [0.1, 0.15) is 23.0 Å². The van der Waals surface area contributed by atoms with E-state index in [4.69, 9.17) is 9.47 Å². The van der Waals surface area contributed by atoms with Gasteiger partial charge in [-0.2, -0.15) is 0 Å². The van der Waals surface area contributed by atoms with Gasteiger partial charge in [-0.1, -0.05) is 0 Å². The number of carbonyl (C=O) groups is 1. The lowest BCUT2D eigenvalue weighted by atomic mass is 10.1. The van der Waals surface area contributed by atoms with E-state index >= 15 is 0 Å². The minimum absolute atomic E-state index is 0.0869. The van der Waals surface area contributed by atoms with Gasteiger partial charge in [0.2, 0.25) is 5.88 Å². The van der Waals surface area contributed by atoms with Crippen molar-refractivity contribution in [1.82, 2.24) is 19.4 Å². The molecule has 1 atom stereocenters. The first kappa shape index (κ1) is 16.4. The third-order valence-corrected chi connectivity index (χ3v) is 4.12. The van der Waals surface area contributed by atoms with Crippen LogP contribution in [0.2, 0.25) is 0 Å². The van der Waals surface area contributed by atoms with Gasteiger partial charge in [0.15, 0.2) is 0 Å². The van der Waals surface area contributed by atoms with Crippen LogP contribution >= 0.6 is 0 Å². The molecule has 1 amide bonds. The smallest absolute Gasteiger partial charge is 0.259 e. The SMILES string of the molecule is CCOCC1CN(C(=O)c2cccnc2OC)Cc2cncn2C1. The maximum atomic E-state index is 13.0. The van der Waals surface area contributed by atoms with E-state index < -0.39 is 0 Å². The number of fused-ring (bicyclic) bond motifs is 1. The number of methoxy groups -OCH3 is 1. The first-order valence-corrected chi connectivity index (χ1v) is 8.08. The molecule has 1 aliphatic heterocycles. The van der Waals surface area contributed by atoms with Gasteiger partial charge in [-0.25, -0.2) is 9.97 Å². The van der Waals surface area contributed by atoms with Crippen LogP contribution in [0.25, 0.3) is 0 Å². The topological polar surface area (TPSA) is 69.5 Å². The van der Waals surface area contributed by atoms with E-state index in [2.05, 4.69) is 14.5 Å². The molecule has 0 spiro atoms. The lowest BCUT2D eigenvalue weighted by molar-refractivity contribution is 0.0616. The van der Waals surface area contributed by atoms with Gasteiger partial charge in [-0.15, -0.1) is 0 Å². The van der Waals surface area contributed by atoms with Crippen molar-refractivity contribution in [3.8, 4) is 5.88 Å². The molecule has 1 unspecified atom stereocenters. The number of rotatable bonds is 5. The largest absolute Gasteiger partial charge is 0.480 e. The minimum Gasteiger partial charge on any atom is -0.480 e. The van der Waals surface area contributed by atoms with Crippen LogP contribution in [-0.2, 0) is 17.8 Å². The average Bonchev–Trinajstić information content (AvgIpc) is 2.97. The van der Waals surface area contributed by atoms with Crippen LogP contribution in [0.3, 0.4) is 0 Å². The number of ether oxygens (including phenoxy) is 2. The minimum atomic E-state index is -0.0869. The van der Waals surface area contributed by atoms with Crippen molar-refractivity contribution in [2.75, 3.05) is 26.9 Å². The zero-order valence-corrected chi connectivity index (χ0v) is 14.0. The Morgan fingerprint density at radius 1 is 1.42 bits per heavy atom. The van der Waals surface area contributed by atoms with Gasteiger partial charge in [0.05, 0.1) is 32.3 Å². The van der Waals surface area contributed by atoms with E-state index in [1.807, 2.05) is 24.3 Å². The molecule has 0 radical (unpaired) electrons. The summed E-state index contributed by atoms with van der Waals surface area (Å²) in [6.45, 7) is 5.18. The Morgan fingerprint density at radius 3 is 3.08 bits per heavy atom. The molecule has 24 heavy (non-hydrogen) atoms. The van der Waals surface area contributed by atoms with E-state index in [1.165, 1.54) is 7.11 Å². The molecule has 0 aliphatic carbocycles. The van der Waals surface area contributed by atoms with Crippen molar-refractivity contribution in [3.63, 3.8) is 0 Å². The maximum Gasteiger partial charge on any atom is 0.259 e. The number of carbonyl (C=O) groups excluding carboxylic acids is 1. The Bertz CT molecular complexity index is 701. The summed E-state index contributed by atoms with van der Waals surface area (Å²) in [5.74, 6) is 0.477. The predicted molar refractivity (Wildman–Crippen MR) is 87.7 cm³/mol. The van der Waals surface area contributed by atoms with Crippen LogP contribution in [0, 0.1) is 5.92 Å². The molecule has 3 rings (SSSR count). The molecule has 128 valence electrons. The molecule has 0 saturated carbocycles. The number of amides is 1. The fourth-order valence-corrected chi connectivity index (χ4v) is 2.98.